The van der Waals surface area contributed by atoms with Crippen LogP contribution in [-0.2, 0) is 6.54 Å². The van der Waals surface area contributed by atoms with E-state index in [1.165, 1.54) is 0 Å². The summed E-state index contributed by atoms with van der Waals surface area (Å²) >= 11 is 3.57. The van der Waals surface area contributed by atoms with Crippen molar-refractivity contribution in [2.24, 2.45) is 5.73 Å². The monoisotopic (exact) mass is 329 g/mol. The Bertz CT molecular complexity index is 744. The first-order valence-electron chi connectivity index (χ1n) is 6.14. The van der Waals surface area contributed by atoms with Gasteiger partial charge in [0.05, 0.1) is 22.6 Å². The molecule has 1 aromatic heterocycles. The Kier molecular flexibility index (Phi) is 3.62. The zero-order valence-corrected chi connectivity index (χ0v) is 12.2. The van der Waals surface area contributed by atoms with Crippen LogP contribution in [0.5, 0.6) is 11.6 Å². The number of nitrogens with zero attached hydrogens (tertiary/aromatic N) is 2. The van der Waals surface area contributed by atoms with Gasteiger partial charge in [-0.15, -0.1) is 0 Å². The Morgan fingerprint density at radius 1 is 1.05 bits per heavy atom. The summed E-state index contributed by atoms with van der Waals surface area (Å²) in [6, 6.07) is 12.0. The second-order valence-electron chi connectivity index (χ2n) is 4.25. The van der Waals surface area contributed by atoms with Crippen molar-refractivity contribution in [1.29, 1.82) is 0 Å². The van der Waals surface area contributed by atoms with Gasteiger partial charge >= 0.3 is 0 Å². The molecule has 3 rings (SSSR count). The van der Waals surface area contributed by atoms with Gasteiger partial charge in [-0.2, -0.15) is 0 Å². The van der Waals surface area contributed by atoms with Crippen molar-refractivity contribution >= 4 is 26.7 Å². The highest BCUT2D eigenvalue weighted by Crippen LogP contribution is 2.35. The quantitative estimate of drug-likeness (QED) is 0.796. The van der Waals surface area contributed by atoms with E-state index >= 15 is 0 Å². The minimum atomic E-state index is 0.368. The highest BCUT2D eigenvalue weighted by atomic mass is 79.9. The van der Waals surface area contributed by atoms with E-state index in [-0.39, 0.29) is 0 Å². The molecule has 0 aliphatic heterocycles. The molecule has 0 fully saturated rings. The Balaban J connectivity index is 1.95. The molecule has 0 spiro atoms. The maximum Gasteiger partial charge on any atom is 0.237 e. The first-order valence-corrected chi connectivity index (χ1v) is 6.93. The summed E-state index contributed by atoms with van der Waals surface area (Å²) in [7, 11) is 0. The number of ether oxygens (including phenoxy) is 1. The van der Waals surface area contributed by atoms with Crippen molar-refractivity contribution in [3.63, 3.8) is 0 Å². The average molecular weight is 330 g/mol. The molecule has 0 atom stereocenters. The van der Waals surface area contributed by atoms with Crippen LogP contribution in [0.3, 0.4) is 0 Å². The maximum absolute atomic E-state index is 5.76. The van der Waals surface area contributed by atoms with Crippen molar-refractivity contribution in [2.75, 3.05) is 0 Å². The van der Waals surface area contributed by atoms with Gasteiger partial charge in [0.25, 0.3) is 0 Å². The fraction of sp³-hybridized carbons (Fsp3) is 0.0667. The lowest BCUT2D eigenvalue weighted by molar-refractivity contribution is 0.457. The van der Waals surface area contributed by atoms with Gasteiger partial charge in [0.15, 0.2) is 0 Å². The van der Waals surface area contributed by atoms with Crippen LogP contribution < -0.4 is 10.5 Å². The molecule has 0 aliphatic rings. The smallest absolute Gasteiger partial charge is 0.237 e. The highest BCUT2D eigenvalue weighted by Gasteiger charge is 2.08. The zero-order valence-electron chi connectivity index (χ0n) is 10.6. The molecule has 0 amide bonds. The molecule has 0 bridgehead atoms. The molecule has 100 valence electrons. The zero-order chi connectivity index (χ0) is 13.9. The topological polar surface area (TPSA) is 61.0 Å². The lowest BCUT2D eigenvalue weighted by atomic mass is 10.1. The van der Waals surface area contributed by atoms with Gasteiger partial charge in [0, 0.05) is 6.54 Å². The van der Waals surface area contributed by atoms with Crippen LogP contribution in [0.4, 0.5) is 0 Å². The largest absolute Gasteiger partial charge is 0.436 e. The molecule has 0 unspecified atom stereocenters. The van der Waals surface area contributed by atoms with Crippen LogP contribution in [0.2, 0.25) is 0 Å². The molecule has 4 nitrogen and oxygen atoms in total. The molecular weight excluding hydrogens is 318 g/mol. The number of hydrogen-bond acceptors (Lipinski definition) is 4. The van der Waals surface area contributed by atoms with Crippen molar-refractivity contribution in [3.8, 4) is 11.6 Å². The van der Waals surface area contributed by atoms with E-state index in [0.717, 1.165) is 20.9 Å². The van der Waals surface area contributed by atoms with Gasteiger partial charge in [-0.25, -0.2) is 4.98 Å². The number of rotatable bonds is 3. The normalized spacial score (nSPS) is 10.7. The number of benzene rings is 2. The number of halogens is 1. The standard InChI is InChI=1S/C15H12BrN3O/c16-15-12-4-2-1-3-10(12)5-6-13(15)20-14-9-18-11(7-17)8-19-14/h1-6,8-9H,7,17H2. The van der Waals surface area contributed by atoms with E-state index in [0.29, 0.717) is 18.2 Å². The molecule has 2 aromatic carbocycles. The van der Waals surface area contributed by atoms with Crippen LogP contribution in [0.15, 0.2) is 53.3 Å². The third-order valence-electron chi connectivity index (χ3n) is 2.93. The summed E-state index contributed by atoms with van der Waals surface area (Å²) in [5, 5.41) is 2.24. The van der Waals surface area contributed by atoms with Crippen molar-refractivity contribution in [3.05, 3.63) is 59.0 Å². The van der Waals surface area contributed by atoms with E-state index in [4.69, 9.17) is 10.5 Å². The molecule has 0 saturated carbocycles. The summed E-state index contributed by atoms with van der Waals surface area (Å²) in [6.45, 7) is 0.368. The summed E-state index contributed by atoms with van der Waals surface area (Å²) in [4.78, 5) is 8.34. The first kappa shape index (κ1) is 13.0. The molecule has 20 heavy (non-hydrogen) atoms. The molecule has 0 radical (unpaired) electrons. The van der Waals surface area contributed by atoms with Crippen LogP contribution in [0.25, 0.3) is 10.8 Å². The third kappa shape index (κ3) is 2.50. The van der Waals surface area contributed by atoms with Gasteiger partial charge < -0.3 is 10.5 Å². The van der Waals surface area contributed by atoms with E-state index in [9.17, 15) is 0 Å². The van der Waals surface area contributed by atoms with Gasteiger partial charge in [-0.1, -0.05) is 30.3 Å². The molecule has 5 heteroatoms. The van der Waals surface area contributed by atoms with Crippen LogP contribution >= 0.6 is 15.9 Å². The Morgan fingerprint density at radius 3 is 2.65 bits per heavy atom. The Hall–Kier alpha value is -1.98. The minimum absolute atomic E-state index is 0.368. The second kappa shape index (κ2) is 5.56. The lowest BCUT2D eigenvalue weighted by Crippen LogP contribution is -2.00. The second-order valence-corrected chi connectivity index (χ2v) is 5.04. The van der Waals surface area contributed by atoms with Gasteiger partial charge in [0.2, 0.25) is 5.88 Å². The number of aromatic nitrogens is 2. The van der Waals surface area contributed by atoms with Crippen molar-refractivity contribution in [1.82, 2.24) is 9.97 Å². The van der Waals surface area contributed by atoms with Crippen LogP contribution in [-0.4, -0.2) is 9.97 Å². The Morgan fingerprint density at radius 2 is 1.90 bits per heavy atom. The van der Waals surface area contributed by atoms with Crippen LogP contribution in [0, 0.1) is 0 Å². The molecule has 1 heterocycles. The third-order valence-corrected chi connectivity index (χ3v) is 3.75. The summed E-state index contributed by atoms with van der Waals surface area (Å²) in [6.07, 6.45) is 3.19. The van der Waals surface area contributed by atoms with E-state index in [1.807, 2.05) is 30.3 Å². The summed E-state index contributed by atoms with van der Waals surface area (Å²) in [5.41, 5.74) is 6.22. The predicted octanol–water partition coefficient (Wildman–Crippen LogP) is 3.64. The van der Waals surface area contributed by atoms with Crippen molar-refractivity contribution < 1.29 is 4.74 Å². The predicted molar refractivity (Wildman–Crippen MR) is 81.6 cm³/mol. The summed E-state index contributed by atoms with van der Waals surface area (Å²) < 4.78 is 6.66. The molecule has 0 aliphatic carbocycles. The fourth-order valence-corrected chi connectivity index (χ4v) is 2.48. The molecule has 0 saturated heterocycles. The van der Waals surface area contributed by atoms with E-state index < -0.39 is 0 Å². The summed E-state index contributed by atoms with van der Waals surface area (Å²) in [5.74, 6) is 1.15. The highest BCUT2D eigenvalue weighted by molar-refractivity contribution is 9.10. The van der Waals surface area contributed by atoms with Crippen LogP contribution in [0.1, 0.15) is 5.69 Å². The van der Waals surface area contributed by atoms with E-state index in [2.05, 4.69) is 32.0 Å². The number of fused-ring (bicyclic) bond motifs is 1. The lowest BCUT2D eigenvalue weighted by Gasteiger charge is -2.09. The number of nitrogens with two attached hydrogens (primary N) is 1. The van der Waals surface area contributed by atoms with Crippen molar-refractivity contribution in [2.45, 2.75) is 6.54 Å². The average Bonchev–Trinajstić information content (AvgIpc) is 2.51. The SMILES string of the molecule is NCc1cnc(Oc2ccc3ccccc3c2Br)cn1. The van der Waals surface area contributed by atoms with E-state index in [1.54, 1.807) is 12.4 Å². The molecule has 2 N–H and O–H groups in total. The van der Waals surface area contributed by atoms with Gasteiger partial charge in [0.1, 0.15) is 5.75 Å². The fourth-order valence-electron chi connectivity index (χ4n) is 1.91. The van der Waals surface area contributed by atoms with Gasteiger partial charge in [-0.05, 0) is 32.8 Å². The molecular formula is C15H12BrN3O. The maximum atomic E-state index is 5.76. The minimum Gasteiger partial charge on any atom is -0.436 e. The Labute approximate surface area is 124 Å². The first-order chi connectivity index (χ1) is 9.78. The number of hydrogen-bond donors (Lipinski definition) is 1. The van der Waals surface area contributed by atoms with Gasteiger partial charge in [-0.3, -0.25) is 4.98 Å². The molecule has 3 aromatic rings.